The summed E-state index contributed by atoms with van der Waals surface area (Å²) in [6.45, 7) is 2.17. The number of fused-ring (bicyclic) bond motifs is 1. The fraction of sp³-hybridized carbons (Fsp3) is 0.238. The maximum absolute atomic E-state index is 13.1. The molecule has 6 heteroatoms. The van der Waals surface area contributed by atoms with Gasteiger partial charge in [0.25, 0.3) is 0 Å². The molecule has 4 rings (SSSR count). The van der Waals surface area contributed by atoms with Gasteiger partial charge in [-0.25, -0.2) is 8.42 Å². The van der Waals surface area contributed by atoms with Crippen LogP contribution in [-0.2, 0) is 10.0 Å². The van der Waals surface area contributed by atoms with E-state index in [0.29, 0.717) is 31.1 Å². The molecule has 1 saturated heterocycles. The number of rotatable bonds is 4. The van der Waals surface area contributed by atoms with Crippen LogP contribution in [0, 0.1) is 0 Å². The number of piperazine rings is 1. The lowest BCUT2D eigenvalue weighted by Gasteiger charge is -2.36. The van der Waals surface area contributed by atoms with Crippen molar-refractivity contribution in [3.8, 4) is 5.75 Å². The Balaban J connectivity index is 1.54. The first-order chi connectivity index (χ1) is 13.1. The molecule has 3 aromatic rings. The topological polar surface area (TPSA) is 49.9 Å². The van der Waals surface area contributed by atoms with E-state index >= 15 is 0 Å². The molecule has 27 heavy (non-hydrogen) atoms. The lowest BCUT2D eigenvalue weighted by atomic mass is 10.1. The van der Waals surface area contributed by atoms with Crippen molar-refractivity contribution in [1.29, 1.82) is 0 Å². The van der Waals surface area contributed by atoms with Gasteiger partial charge in [-0.15, -0.1) is 0 Å². The van der Waals surface area contributed by atoms with Gasteiger partial charge in [-0.05, 0) is 35.0 Å². The van der Waals surface area contributed by atoms with E-state index in [9.17, 15) is 8.42 Å². The molecule has 0 spiro atoms. The van der Waals surface area contributed by atoms with E-state index in [1.807, 2.05) is 54.6 Å². The molecule has 0 bridgehead atoms. The zero-order valence-electron chi connectivity index (χ0n) is 15.2. The molecule has 1 aliphatic rings. The molecule has 0 atom stereocenters. The molecule has 0 aliphatic carbocycles. The summed E-state index contributed by atoms with van der Waals surface area (Å²) in [5, 5.41) is 1.98. The second-order valence-corrected chi connectivity index (χ2v) is 8.51. The van der Waals surface area contributed by atoms with E-state index in [0.717, 1.165) is 22.2 Å². The smallest absolute Gasteiger partial charge is 0.243 e. The fourth-order valence-corrected chi connectivity index (χ4v) is 5.00. The summed E-state index contributed by atoms with van der Waals surface area (Å²) in [5.41, 5.74) is 1.00. The van der Waals surface area contributed by atoms with Gasteiger partial charge in [0.15, 0.2) is 0 Å². The number of nitrogens with zero attached hydrogens (tertiary/aromatic N) is 2. The average molecular weight is 382 g/mol. The van der Waals surface area contributed by atoms with Crippen LogP contribution in [-0.4, -0.2) is 46.0 Å². The van der Waals surface area contributed by atoms with Crippen LogP contribution in [0.2, 0.25) is 0 Å². The Morgan fingerprint density at radius 1 is 0.815 bits per heavy atom. The van der Waals surface area contributed by atoms with Gasteiger partial charge >= 0.3 is 0 Å². The van der Waals surface area contributed by atoms with Crippen molar-refractivity contribution in [2.24, 2.45) is 0 Å². The molecule has 0 radical (unpaired) electrons. The molecule has 0 unspecified atom stereocenters. The first-order valence-electron chi connectivity index (χ1n) is 8.96. The molecule has 140 valence electrons. The molecule has 1 fully saturated rings. The molecule has 1 aliphatic heterocycles. The van der Waals surface area contributed by atoms with Crippen molar-refractivity contribution in [2.75, 3.05) is 38.2 Å². The first kappa shape index (κ1) is 17.8. The minimum Gasteiger partial charge on any atom is -0.495 e. The summed E-state index contributed by atoms with van der Waals surface area (Å²) in [4.78, 5) is 2.53. The van der Waals surface area contributed by atoms with Crippen molar-refractivity contribution >= 4 is 26.5 Å². The van der Waals surface area contributed by atoms with Gasteiger partial charge in [0, 0.05) is 26.2 Å². The summed E-state index contributed by atoms with van der Waals surface area (Å²) in [7, 11) is -1.85. The zero-order chi connectivity index (χ0) is 18.9. The zero-order valence-corrected chi connectivity index (χ0v) is 16.0. The largest absolute Gasteiger partial charge is 0.495 e. The molecular weight excluding hydrogens is 360 g/mol. The molecule has 0 saturated carbocycles. The summed E-state index contributed by atoms with van der Waals surface area (Å²) < 4.78 is 33.2. The van der Waals surface area contributed by atoms with Gasteiger partial charge in [0.05, 0.1) is 17.7 Å². The van der Waals surface area contributed by atoms with Crippen LogP contribution in [0.3, 0.4) is 0 Å². The average Bonchev–Trinajstić information content (AvgIpc) is 2.73. The highest BCUT2D eigenvalue weighted by atomic mass is 32.2. The van der Waals surface area contributed by atoms with Crippen molar-refractivity contribution in [3.05, 3.63) is 66.7 Å². The van der Waals surface area contributed by atoms with E-state index in [2.05, 4.69) is 4.90 Å². The summed E-state index contributed by atoms with van der Waals surface area (Å²) in [5.74, 6) is 0.809. The summed E-state index contributed by atoms with van der Waals surface area (Å²) in [6.07, 6.45) is 0. The van der Waals surface area contributed by atoms with Crippen LogP contribution in [0.15, 0.2) is 71.6 Å². The fourth-order valence-electron chi connectivity index (χ4n) is 3.54. The number of para-hydroxylation sites is 2. The first-order valence-corrected chi connectivity index (χ1v) is 10.4. The number of ether oxygens (including phenoxy) is 1. The van der Waals surface area contributed by atoms with Crippen LogP contribution < -0.4 is 9.64 Å². The maximum atomic E-state index is 13.1. The van der Waals surface area contributed by atoms with Gasteiger partial charge in [-0.3, -0.25) is 0 Å². The Morgan fingerprint density at radius 3 is 2.22 bits per heavy atom. The molecular formula is C21H22N2O3S. The Bertz CT molecular complexity index is 1060. The second kappa shape index (κ2) is 7.21. The quantitative estimate of drug-likeness (QED) is 0.694. The predicted molar refractivity (Wildman–Crippen MR) is 108 cm³/mol. The Hall–Kier alpha value is -2.57. The van der Waals surface area contributed by atoms with E-state index in [4.69, 9.17) is 4.74 Å². The number of hydrogen-bond donors (Lipinski definition) is 0. The Kier molecular flexibility index (Phi) is 4.76. The highest BCUT2D eigenvalue weighted by Gasteiger charge is 2.29. The molecule has 1 heterocycles. The molecule has 0 aromatic heterocycles. The minimum atomic E-state index is -3.50. The monoisotopic (exact) mass is 382 g/mol. The van der Waals surface area contributed by atoms with E-state index in [1.165, 1.54) is 0 Å². The van der Waals surface area contributed by atoms with E-state index in [-0.39, 0.29) is 0 Å². The van der Waals surface area contributed by atoms with Crippen LogP contribution >= 0.6 is 0 Å². The highest BCUT2D eigenvalue weighted by molar-refractivity contribution is 7.89. The normalized spacial score (nSPS) is 15.8. The van der Waals surface area contributed by atoms with Crippen LogP contribution in [0.5, 0.6) is 5.75 Å². The number of methoxy groups -OCH3 is 1. The lowest BCUT2D eigenvalue weighted by molar-refractivity contribution is 0.378. The maximum Gasteiger partial charge on any atom is 0.243 e. The molecule has 5 nitrogen and oxygen atoms in total. The van der Waals surface area contributed by atoms with Crippen LogP contribution in [0.4, 0.5) is 5.69 Å². The number of benzene rings is 3. The predicted octanol–water partition coefficient (Wildman–Crippen LogP) is 3.36. The van der Waals surface area contributed by atoms with Gasteiger partial charge in [0.2, 0.25) is 10.0 Å². The highest BCUT2D eigenvalue weighted by Crippen LogP contribution is 2.29. The van der Waals surface area contributed by atoms with Gasteiger partial charge in [0.1, 0.15) is 5.75 Å². The van der Waals surface area contributed by atoms with Crippen LogP contribution in [0.1, 0.15) is 0 Å². The third-order valence-corrected chi connectivity index (χ3v) is 6.92. The van der Waals surface area contributed by atoms with Crippen molar-refractivity contribution in [3.63, 3.8) is 0 Å². The number of sulfonamides is 1. The Labute approximate surface area is 159 Å². The summed E-state index contributed by atoms with van der Waals surface area (Å²) >= 11 is 0. The van der Waals surface area contributed by atoms with Crippen molar-refractivity contribution in [2.45, 2.75) is 4.90 Å². The second-order valence-electron chi connectivity index (χ2n) is 6.57. The van der Waals surface area contributed by atoms with Crippen molar-refractivity contribution in [1.82, 2.24) is 4.31 Å². The SMILES string of the molecule is COc1ccccc1N1CCN(S(=O)(=O)c2ccc3ccccc3c2)CC1. The molecule has 0 amide bonds. The van der Waals surface area contributed by atoms with Gasteiger partial charge < -0.3 is 9.64 Å². The number of hydrogen-bond acceptors (Lipinski definition) is 4. The number of anilines is 1. The third-order valence-electron chi connectivity index (χ3n) is 5.02. The van der Waals surface area contributed by atoms with Crippen LogP contribution in [0.25, 0.3) is 10.8 Å². The Morgan fingerprint density at radius 2 is 1.48 bits per heavy atom. The van der Waals surface area contributed by atoms with E-state index in [1.54, 1.807) is 23.5 Å². The standard InChI is InChI=1S/C21H22N2O3S/c1-26-21-9-5-4-8-20(21)22-12-14-23(15-13-22)27(24,25)19-11-10-17-6-2-3-7-18(17)16-19/h2-11,16H,12-15H2,1H3. The summed E-state index contributed by atoms with van der Waals surface area (Å²) in [6, 6.07) is 21.0. The lowest BCUT2D eigenvalue weighted by Crippen LogP contribution is -2.48. The van der Waals surface area contributed by atoms with E-state index < -0.39 is 10.0 Å². The third kappa shape index (κ3) is 3.38. The minimum absolute atomic E-state index is 0.354. The molecule has 3 aromatic carbocycles. The molecule has 0 N–H and O–H groups in total. The van der Waals surface area contributed by atoms with Crippen molar-refractivity contribution < 1.29 is 13.2 Å². The van der Waals surface area contributed by atoms with Gasteiger partial charge in [-0.2, -0.15) is 4.31 Å². The van der Waals surface area contributed by atoms with Gasteiger partial charge in [-0.1, -0.05) is 42.5 Å².